The van der Waals surface area contributed by atoms with Crippen LogP contribution in [0.2, 0.25) is 0 Å². The minimum absolute atomic E-state index is 0.246. The lowest BCUT2D eigenvalue weighted by molar-refractivity contribution is -0.145. The molecule has 0 radical (unpaired) electrons. The summed E-state index contributed by atoms with van der Waals surface area (Å²) >= 11 is 0. The maximum atomic E-state index is 14.4. The Morgan fingerprint density at radius 2 is 1.85 bits per heavy atom. The SMILES string of the molecule is N[C@H]1C[C@@H](c2ccncc2NC(=O)c2ccc(F)c(-c3c(F)cccc3F)n2)OC2(CC2)[C@@H]1O. The minimum atomic E-state index is -1.000. The lowest BCUT2D eigenvalue weighted by Gasteiger charge is -2.39. The predicted octanol–water partition coefficient (Wildman–Crippen LogP) is 3.50. The molecule has 176 valence electrons. The van der Waals surface area contributed by atoms with Crippen molar-refractivity contribution in [3.63, 3.8) is 0 Å². The number of nitrogens with zero attached hydrogens (tertiary/aromatic N) is 2. The van der Waals surface area contributed by atoms with Gasteiger partial charge in [-0.2, -0.15) is 0 Å². The highest BCUT2D eigenvalue weighted by Crippen LogP contribution is 2.51. The molecule has 3 atom stereocenters. The maximum Gasteiger partial charge on any atom is 0.274 e. The van der Waals surface area contributed by atoms with Crippen molar-refractivity contribution in [1.82, 2.24) is 9.97 Å². The van der Waals surface area contributed by atoms with Crippen LogP contribution in [0.3, 0.4) is 0 Å². The third-order valence-corrected chi connectivity index (χ3v) is 6.28. The molecule has 1 saturated heterocycles. The number of nitrogens with two attached hydrogens (primary N) is 1. The Labute approximate surface area is 192 Å². The van der Waals surface area contributed by atoms with Crippen LogP contribution in [-0.4, -0.2) is 38.7 Å². The van der Waals surface area contributed by atoms with E-state index in [1.165, 1.54) is 6.20 Å². The largest absolute Gasteiger partial charge is 0.388 e. The number of ether oxygens (including phenoxy) is 1. The van der Waals surface area contributed by atoms with E-state index >= 15 is 0 Å². The van der Waals surface area contributed by atoms with Gasteiger partial charge in [0.15, 0.2) is 0 Å². The average Bonchev–Trinajstić information content (AvgIpc) is 3.58. The topological polar surface area (TPSA) is 110 Å². The van der Waals surface area contributed by atoms with E-state index in [1.54, 1.807) is 12.3 Å². The standard InChI is InChI=1S/C24H21F3N4O3/c25-13-2-1-3-14(26)20(13)21-15(27)4-5-17(30-21)23(33)31-18-11-29-9-6-12(18)19-10-16(28)22(32)24(34-19)7-8-24/h1-6,9,11,16,19,22,32H,7-8,10,28H2,(H,31,33)/t16-,19-,22+/m0/s1. The summed E-state index contributed by atoms with van der Waals surface area (Å²) in [6, 6.07) is 6.34. The van der Waals surface area contributed by atoms with E-state index < -0.39 is 58.5 Å². The number of pyridine rings is 2. The molecule has 7 nitrogen and oxygen atoms in total. The summed E-state index contributed by atoms with van der Waals surface area (Å²) in [7, 11) is 0. The number of nitrogens with one attached hydrogen (secondary N) is 1. The molecule has 1 spiro atoms. The number of aromatic nitrogens is 2. The summed E-state index contributed by atoms with van der Waals surface area (Å²) in [5.74, 6) is -3.70. The van der Waals surface area contributed by atoms with E-state index in [-0.39, 0.29) is 5.69 Å². The number of carbonyl (C=O) groups excluding carboxylic acids is 1. The van der Waals surface area contributed by atoms with Crippen LogP contribution < -0.4 is 11.1 Å². The van der Waals surface area contributed by atoms with E-state index in [4.69, 9.17) is 10.5 Å². The number of carbonyl (C=O) groups is 1. The first-order valence-corrected chi connectivity index (χ1v) is 10.8. The second-order valence-electron chi connectivity index (χ2n) is 8.56. The molecule has 10 heteroatoms. The molecular formula is C24H21F3N4O3. The Hall–Kier alpha value is -3.34. The van der Waals surface area contributed by atoms with E-state index in [1.807, 2.05) is 0 Å². The van der Waals surface area contributed by atoms with Gasteiger partial charge in [-0.15, -0.1) is 0 Å². The smallest absolute Gasteiger partial charge is 0.274 e. The van der Waals surface area contributed by atoms with Crippen molar-refractivity contribution in [3.8, 4) is 11.3 Å². The zero-order valence-electron chi connectivity index (χ0n) is 17.8. The number of anilines is 1. The highest BCUT2D eigenvalue weighted by atomic mass is 19.1. The second kappa shape index (κ2) is 8.46. The van der Waals surface area contributed by atoms with Crippen molar-refractivity contribution in [3.05, 3.63) is 77.5 Å². The average molecular weight is 470 g/mol. The van der Waals surface area contributed by atoms with Gasteiger partial charge in [-0.05, 0) is 49.6 Å². The van der Waals surface area contributed by atoms with Gasteiger partial charge in [0.05, 0.1) is 35.3 Å². The van der Waals surface area contributed by atoms with Crippen LogP contribution in [0.15, 0.2) is 48.8 Å². The summed E-state index contributed by atoms with van der Waals surface area (Å²) < 4.78 is 48.9. The molecule has 1 aliphatic carbocycles. The van der Waals surface area contributed by atoms with Gasteiger partial charge in [0.1, 0.15) is 28.8 Å². The zero-order chi connectivity index (χ0) is 24.0. The fourth-order valence-electron chi connectivity index (χ4n) is 4.34. The van der Waals surface area contributed by atoms with Crippen molar-refractivity contribution in [2.45, 2.75) is 43.1 Å². The van der Waals surface area contributed by atoms with Crippen molar-refractivity contribution >= 4 is 11.6 Å². The maximum absolute atomic E-state index is 14.4. The highest BCUT2D eigenvalue weighted by molar-refractivity contribution is 6.03. The second-order valence-corrected chi connectivity index (χ2v) is 8.56. The number of aliphatic hydroxyl groups is 1. The van der Waals surface area contributed by atoms with Crippen molar-refractivity contribution in [2.24, 2.45) is 5.73 Å². The van der Waals surface area contributed by atoms with Gasteiger partial charge in [0.2, 0.25) is 0 Å². The lowest BCUT2D eigenvalue weighted by Crippen LogP contribution is -2.51. The van der Waals surface area contributed by atoms with Gasteiger partial charge in [0.25, 0.3) is 5.91 Å². The number of benzene rings is 1. The quantitative estimate of drug-likeness (QED) is 0.539. The van der Waals surface area contributed by atoms with Gasteiger partial charge in [-0.25, -0.2) is 18.2 Å². The number of rotatable bonds is 4. The van der Waals surface area contributed by atoms with Gasteiger partial charge in [-0.3, -0.25) is 9.78 Å². The molecule has 1 aromatic carbocycles. The summed E-state index contributed by atoms with van der Waals surface area (Å²) in [6.07, 6.45) is 3.45. The van der Waals surface area contributed by atoms with Crippen molar-refractivity contribution in [2.75, 3.05) is 5.32 Å². The normalized spacial score (nSPS) is 23.0. The van der Waals surface area contributed by atoms with Crippen molar-refractivity contribution < 1.29 is 27.8 Å². The first-order chi connectivity index (χ1) is 16.3. The van der Waals surface area contributed by atoms with Crippen LogP contribution in [0.5, 0.6) is 0 Å². The Kier molecular flexibility index (Phi) is 5.59. The van der Waals surface area contributed by atoms with E-state index in [0.29, 0.717) is 30.5 Å². The molecule has 34 heavy (non-hydrogen) atoms. The molecule has 2 aromatic heterocycles. The molecule has 4 N–H and O–H groups in total. The van der Waals surface area contributed by atoms with E-state index in [9.17, 15) is 23.1 Å². The molecule has 3 aromatic rings. The molecule has 1 amide bonds. The van der Waals surface area contributed by atoms with Gasteiger partial charge < -0.3 is 20.9 Å². The van der Waals surface area contributed by atoms with E-state index in [0.717, 1.165) is 30.3 Å². The molecule has 2 fully saturated rings. The predicted molar refractivity (Wildman–Crippen MR) is 116 cm³/mol. The van der Waals surface area contributed by atoms with Crippen LogP contribution in [0.25, 0.3) is 11.3 Å². The fourth-order valence-corrected chi connectivity index (χ4v) is 4.34. The first kappa shape index (κ1) is 22.5. The fraction of sp³-hybridized carbons (Fsp3) is 0.292. The monoisotopic (exact) mass is 470 g/mol. The molecule has 3 heterocycles. The number of halogens is 3. The Bertz CT molecular complexity index is 1250. The molecule has 1 saturated carbocycles. The van der Waals surface area contributed by atoms with Gasteiger partial charge >= 0.3 is 0 Å². The minimum Gasteiger partial charge on any atom is -0.388 e. The molecule has 2 aliphatic rings. The number of aliphatic hydroxyl groups excluding tert-OH is 1. The molecule has 5 rings (SSSR count). The summed E-state index contributed by atoms with van der Waals surface area (Å²) in [4.78, 5) is 20.9. The van der Waals surface area contributed by atoms with Gasteiger partial charge in [-0.1, -0.05) is 6.07 Å². The third kappa shape index (κ3) is 3.93. The summed E-state index contributed by atoms with van der Waals surface area (Å²) in [6.45, 7) is 0. The van der Waals surface area contributed by atoms with Crippen LogP contribution in [0.4, 0.5) is 18.9 Å². The number of hydrogen-bond donors (Lipinski definition) is 3. The van der Waals surface area contributed by atoms with Crippen LogP contribution >= 0.6 is 0 Å². The molecular weight excluding hydrogens is 449 g/mol. The molecule has 0 unspecified atom stereocenters. The third-order valence-electron chi connectivity index (χ3n) is 6.28. The van der Waals surface area contributed by atoms with Crippen molar-refractivity contribution in [1.29, 1.82) is 0 Å². The Morgan fingerprint density at radius 1 is 1.12 bits per heavy atom. The zero-order valence-corrected chi connectivity index (χ0v) is 17.8. The molecule has 0 bridgehead atoms. The van der Waals surface area contributed by atoms with Crippen LogP contribution in [-0.2, 0) is 4.74 Å². The summed E-state index contributed by atoms with van der Waals surface area (Å²) in [5.41, 5.74) is 4.88. The summed E-state index contributed by atoms with van der Waals surface area (Å²) in [5, 5.41) is 13.0. The van der Waals surface area contributed by atoms with Crippen LogP contribution in [0, 0.1) is 17.5 Å². The number of hydrogen-bond acceptors (Lipinski definition) is 6. The Balaban J connectivity index is 1.43. The Morgan fingerprint density at radius 3 is 2.56 bits per heavy atom. The lowest BCUT2D eigenvalue weighted by atomic mass is 9.91. The highest BCUT2D eigenvalue weighted by Gasteiger charge is 2.57. The molecule has 1 aliphatic heterocycles. The first-order valence-electron chi connectivity index (χ1n) is 10.8. The van der Waals surface area contributed by atoms with E-state index in [2.05, 4.69) is 15.3 Å². The number of amides is 1. The van der Waals surface area contributed by atoms with Gasteiger partial charge in [0, 0.05) is 17.8 Å². The van der Waals surface area contributed by atoms with Crippen LogP contribution in [0.1, 0.15) is 41.4 Å².